The van der Waals surface area contributed by atoms with Crippen LogP contribution in [0.1, 0.15) is 5.56 Å². The van der Waals surface area contributed by atoms with E-state index in [0.29, 0.717) is 6.54 Å². The molecule has 0 fully saturated rings. The summed E-state index contributed by atoms with van der Waals surface area (Å²) in [4.78, 5) is 0. The van der Waals surface area contributed by atoms with Crippen molar-refractivity contribution in [2.45, 2.75) is 19.1 Å². The molecule has 4 rings (SSSR count). The molecule has 0 radical (unpaired) electrons. The van der Waals surface area contributed by atoms with Crippen molar-refractivity contribution in [2.75, 3.05) is 6.61 Å². The van der Waals surface area contributed by atoms with E-state index in [9.17, 15) is 5.11 Å². The number of benzene rings is 3. The number of ether oxygens (including phenoxy) is 1. The van der Waals surface area contributed by atoms with Crippen LogP contribution in [0.15, 0.2) is 85.5 Å². The maximum Gasteiger partial charge on any atom is 0.122 e. The first kappa shape index (κ1) is 17.4. The number of aliphatic hydroxyl groups excluding tert-OH is 1. The summed E-state index contributed by atoms with van der Waals surface area (Å²) in [6.45, 7) is 4.52. The Morgan fingerprint density at radius 1 is 0.889 bits per heavy atom. The van der Waals surface area contributed by atoms with Crippen LogP contribution in [0.4, 0.5) is 0 Å². The zero-order valence-electron chi connectivity index (χ0n) is 15.2. The molecule has 1 atom stereocenters. The molecule has 0 aliphatic carbocycles. The standard InChI is InChI=1S/C24H23NO2/c1-2-9-18-10-3-8-15-24(18)27-17-19(26)16-25-22-13-6-4-11-20(22)21-12-5-7-14-23(21)25/h2-8,10-15,19,26H,1,9,16-17H2/t19-/m1/s1. The maximum absolute atomic E-state index is 10.7. The highest BCUT2D eigenvalue weighted by atomic mass is 16.5. The van der Waals surface area contributed by atoms with Crippen molar-refractivity contribution in [1.29, 1.82) is 0 Å². The van der Waals surface area contributed by atoms with E-state index < -0.39 is 6.10 Å². The zero-order chi connectivity index (χ0) is 18.6. The van der Waals surface area contributed by atoms with E-state index in [1.807, 2.05) is 42.5 Å². The first-order chi connectivity index (χ1) is 13.3. The Kier molecular flexibility index (Phi) is 4.95. The molecule has 136 valence electrons. The average Bonchev–Trinajstić information content (AvgIpc) is 3.02. The molecular weight excluding hydrogens is 334 g/mol. The summed E-state index contributed by atoms with van der Waals surface area (Å²) in [6.07, 6.45) is 2.00. The molecule has 27 heavy (non-hydrogen) atoms. The monoisotopic (exact) mass is 357 g/mol. The Hall–Kier alpha value is -3.04. The van der Waals surface area contributed by atoms with Gasteiger partial charge in [-0.15, -0.1) is 6.58 Å². The number of para-hydroxylation sites is 3. The van der Waals surface area contributed by atoms with Gasteiger partial charge in [0.25, 0.3) is 0 Å². The van der Waals surface area contributed by atoms with Crippen LogP contribution in [0.25, 0.3) is 21.8 Å². The number of hydrogen-bond donors (Lipinski definition) is 1. The zero-order valence-corrected chi connectivity index (χ0v) is 15.2. The lowest BCUT2D eigenvalue weighted by Gasteiger charge is -2.16. The fourth-order valence-electron chi connectivity index (χ4n) is 3.62. The van der Waals surface area contributed by atoms with Gasteiger partial charge in [-0.2, -0.15) is 0 Å². The number of rotatable bonds is 7. The fraction of sp³-hybridized carbons (Fsp3) is 0.167. The van der Waals surface area contributed by atoms with Gasteiger partial charge in [-0.1, -0.05) is 60.7 Å². The Balaban J connectivity index is 1.56. The molecule has 1 N–H and O–H groups in total. The van der Waals surface area contributed by atoms with Gasteiger partial charge in [-0.25, -0.2) is 0 Å². The van der Waals surface area contributed by atoms with Gasteiger partial charge in [0, 0.05) is 21.8 Å². The predicted molar refractivity (Wildman–Crippen MR) is 111 cm³/mol. The molecule has 0 bridgehead atoms. The molecule has 1 aromatic heterocycles. The molecule has 0 unspecified atom stereocenters. The Morgan fingerprint density at radius 3 is 2.15 bits per heavy atom. The molecule has 0 spiro atoms. The van der Waals surface area contributed by atoms with Crippen LogP contribution in [0.2, 0.25) is 0 Å². The molecule has 0 aliphatic heterocycles. The van der Waals surface area contributed by atoms with Crippen molar-refractivity contribution in [3.63, 3.8) is 0 Å². The number of nitrogens with zero attached hydrogens (tertiary/aromatic N) is 1. The van der Waals surface area contributed by atoms with E-state index >= 15 is 0 Å². The largest absolute Gasteiger partial charge is 0.491 e. The minimum Gasteiger partial charge on any atom is -0.491 e. The number of allylic oxidation sites excluding steroid dienone is 1. The topological polar surface area (TPSA) is 34.4 Å². The second kappa shape index (κ2) is 7.68. The van der Waals surface area contributed by atoms with Gasteiger partial charge < -0.3 is 14.4 Å². The van der Waals surface area contributed by atoms with Crippen molar-refractivity contribution in [3.8, 4) is 5.75 Å². The second-order valence-electron chi connectivity index (χ2n) is 6.71. The summed E-state index contributed by atoms with van der Waals surface area (Å²) in [7, 11) is 0. The Bertz CT molecular complexity index is 1030. The van der Waals surface area contributed by atoms with Gasteiger partial charge in [0.1, 0.15) is 18.5 Å². The lowest BCUT2D eigenvalue weighted by Crippen LogP contribution is -2.23. The smallest absolute Gasteiger partial charge is 0.122 e. The van der Waals surface area contributed by atoms with Gasteiger partial charge in [-0.05, 0) is 30.2 Å². The van der Waals surface area contributed by atoms with Crippen molar-refractivity contribution in [2.24, 2.45) is 0 Å². The lowest BCUT2D eigenvalue weighted by atomic mass is 10.1. The summed E-state index contributed by atoms with van der Waals surface area (Å²) >= 11 is 0. The molecular formula is C24H23NO2. The molecule has 0 saturated heterocycles. The number of fused-ring (bicyclic) bond motifs is 3. The van der Waals surface area contributed by atoms with Gasteiger partial charge >= 0.3 is 0 Å². The third-order valence-corrected chi connectivity index (χ3v) is 4.84. The molecule has 1 heterocycles. The summed E-state index contributed by atoms with van der Waals surface area (Å²) in [5, 5.41) is 13.1. The van der Waals surface area contributed by atoms with Crippen LogP contribution >= 0.6 is 0 Å². The van der Waals surface area contributed by atoms with E-state index in [4.69, 9.17) is 4.74 Å². The third kappa shape index (κ3) is 3.46. The van der Waals surface area contributed by atoms with E-state index in [1.54, 1.807) is 0 Å². The van der Waals surface area contributed by atoms with E-state index in [0.717, 1.165) is 28.8 Å². The number of aliphatic hydroxyl groups is 1. The summed E-state index contributed by atoms with van der Waals surface area (Å²) in [6, 6.07) is 24.5. The minimum atomic E-state index is -0.610. The minimum absolute atomic E-state index is 0.245. The summed E-state index contributed by atoms with van der Waals surface area (Å²) in [5.74, 6) is 0.804. The van der Waals surface area contributed by atoms with Crippen LogP contribution in [0.5, 0.6) is 5.75 Å². The summed E-state index contributed by atoms with van der Waals surface area (Å²) in [5.41, 5.74) is 3.34. The highest BCUT2D eigenvalue weighted by Crippen LogP contribution is 2.29. The molecule has 0 aliphatic rings. The Morgan fingerprint density at radius 2 is 1.48 bits per heavy atom. The van der Waals surface area contributed by atoms with Crippen molar-refractivity contribution in [3.05, 3.63) is 91.0 Å². The number of aromatic nitrogens is 1. The third-order valence-electron chi connectivity index (χ3n) is 4.84. The van der Waals surface area contributed by atoms with Crippen LogP contribution in [-0.2, 0) is 13.0 Å². The first-order valence-corrected chi connectivity index (χ1v) is 9.23. The first-order valence-electron chi connectivity index (χ1n) is 9.23. The highest BCUT2D eigenvalue weighted by molar-refractivity contribution is 6.07. The van der Waals surface area contributed by atoms with Gasteiger partial charge in [0.2, 0.25) is 0 Å². The van der Waals surface area contributed by atoms with Crippen molar-refractivity contribution in [1.82, 2.24) is 4.57 Å². The van der Waals surface area contributed by atoms with E-state index in [2.05, 4.69) is 47.5 Å². The summed E-state index contributed by atoms with van der Waals surface area (Å²) < 4.78 is 8.09. The van der Waals surface area contributed by atoms with Crippen LogP contribution in [0, 0.1) is 0 Å². The normalized spacial score (nSPS) is 12.3. The lowest BCUT2D eigenvalue weighted by molar-refractivity contribution is 0.0941. The van der Waals surface area contributed by atoms with Gasteiger partial charge in [-0.3, -0.25) is 0 Å². The second-order valence-corrected chi connectivity index (χ2v) is 6.71. The van der Waals surface area contributed by atoms with Crippen LogP contribution in [0.3, 0.4) is 0 Å². The Labute approximate surface area is 159 Å². The molecule has 3 heteroatoms. The van der Waals surface area contributed by atoms with E-state index in [-0.39, 0.29) is 6.61 Å². The molecule has 3 nitrogen and oxygen atoms in total. The molecule has 4 aromatic rings. The average molecular weight is 357 g/mol. The van der Waals surface area contributed by atoms with Crippen molar-refractivity contribution >= 4 is 21.8 Å². The van der Waals surface area contributed by atoms with Crippen LogP contribution in [-0.4, -0.2) is 22.4 Å². The van der Waals surface area contributed by atoms with Gasteiger partial charge in [0.05, 0.1) is 6.54 Å². The molecule has 0 amide bonds. The molecule has 3 aromatic carbocycles. The molecule has 0 saturated carbocycles. The van der Waals surface area contributed by atoms with E-state index in [1.165, 1.54) is 10.8 Å². The fourth-order valence-corrected chi connectivity index (χ4v) is 3.62. The van der Waals surface area contributed by atoms with Crippen LogP contribution < -0.4 is 4.74 Å². The van der Waals surface area contributed by atoms with Gasteiger partial charge in [0.15, 0.2) is 0 Å². The maximum atomic E-state index is 10.7. The SMILES string of the molecule is C=CCc1ccccc1OC[C@H](O)Cn1c2ccccc2c2ccccc21. The highest BCUT2D eigenvalue weighted by Gasteiger charge is 2.14. The number of hydrogen-bond acceptors (Lipinski definition) is 2. The predicted octanol–water partition coefficient (Wildman–Crippen LogP) is 4.96. The quantitative estimate of drug-likeness (QED) is 0.474. The van der Waals surface area contributed by atoms with Crippen molar-refractivity contribution < 1.29 is 9.84 Å².